The first-order valence-corrected chi connectivity index (χ1v) is 9.99. The lowest BCUT2D eigenvalue weighted by Gasteiger charge is -2.36. The van der Waals surface area contributed by atoms with Crippen LogP contribution in [0.3, 0.4) is 0 Å². The normalized spacial score (nSPS) is 15.6. The Morgan fingerprint density at radius 2 is 1.41 bits per heavy atom. The fraction of sp³-hybridized carbons (Fsp3) is 0.292. The first kappa shape index (κ1) is 19.3. The summed E-state index contributed by atoms with van der Waals surface area (Å²) in [6, 6.07) is 16.3. The molecule has 5 nitrogen and oxygen atoms in total. The molecule has 148 valence electrons. The SMILES string of the molecule is O=C(NCc1ccncc1)C1(Cc2ccc(-c3ccncc3)cc2)CCOCC1. The predicted molar refractivity (Wildman–Crippen MR) is 112 cm³/mol. The number of hydrogen-bond acceptors (Lipinski definition) is 4. The smallest absolute Gasteiger partial charge is 0.226 e. The molecule has 3 heterocycles. The van der Waals surface area contributed by atoms with Crippen molar-refractivity contribution in [3.63, 3.8) is 0 Å². The minimum Gasteiger partial charge on any atom is -0.381 e. The zero-order valence-electron chi connectivity index (χ0n) is 16.4. The van der Waals surface area contributed by atoms with Crippen LogP contribution in [0.25, 0.3) is 11.1 Å². The Balaban J connectivity index is 1.48. The summed E-state index contributed by atoms with van der Waals surface area (Å²) in [5.41, 5.74) is 4.09. The van der Waals surface area contributed by atoms with E-state index in [1.54, 1.807) is 24.8 Å². The fourth-order valence-electron chi connectivity index (χ4n) is 3.87. The number of rotatable bonds is 6. The zero-order chi connectivity index (χ0) is 19.9. The van der Waals surface area contributed by atoms with Gasteiger partial charge in [0.05, 0.1) is 5.41 Å². The van der Waals surface area contributed by atoms with Crippen molar-refractivity contribution in [1.82, 2.24) is 15.3 Å². The Bertz CT molecular complexity index is 921. The summed E-state index contributed by atoms with van der Waals surface area (Å²) in [5.74, 6) is 0.107. The van der Waals surface area contributed by atoms with Crippen molar-refractivity contribution in [3.8, 4) is 11.1 Å². The van der Waals surface area contributed by atoms with E-state index in [9.17, 15) is 4.79 Å². The second-order valence-corrected chi connectivity index (χ2v) is 7.54. The summed E-state index contributed by atoms with van der Waals surface area (Å²) in [5, 5.41) is 3.14. The van der Waals surface area contributed by atoms with Crippen molar-refractivity contribution in [3.05, 3.63) is 84.4 Å². The number of carbonyl (C=O) groups excluding carboxylic acids is 1. The lowest BCUT2D eigenvalue weighted by atomic mass is 9.74. The van der Waals surface area contributed by atoms with Crippen molar-refractivity contribution < 1.29 is 9.53 Å². The van der Waals surface area contributed by atoms with Gasteiger partial charge in [-0.3, -0.25) is 14.8 Å². The minimum atomic E-state index is -0.427. The van der Waals surface area contributed by atoms with Crippen LogP contribution in [-0.2, 0) is 22.5 Å². The third kappa shape index (κ3) is 4.69. The summed E-state index contributed by atoms with van der Waals surface area (Å²) in [6.07, 6.45) is 9.28. The van der Waals surface area contributed by atoms with Gasteiger partial charge in [-0.15, -0.1) is 0 Å². The van der Waals surface area contributed by atoms with Crippen molar-refractivity contribution in [1.29, 1.82) is 0 Å². The molecular weight excluding hydrogens is 362 g/mol. The lowest BCUT2D eigenvalue weighted by Crippen LogP contribution is -2.45. The van der Waals surface area contributed by atoms with Gasteiger partial charge in [-0.25, -0.2) is 0 Å². The van der Waals surface area contributed by atoms with Crippen LogP contribution in [0.2, 0.25) is 0 Å². The molecule has 1 N–H and O–H groups in total. The maximum Gasteiger partial charge on any atom is 0.226 e. The average molecular weight is 387 g/mol. The Morgan fingerprint density at radius 1 is 0.828 bits per heavy atom. The molecule has 0 radical (unpaired) electrons. The highest BCUT2D eigenvalue weighted by Crippen LogP contribution is 2.35. The highest BCUT2D eigenvalue weighted by molar-refractivity contribution is 5.83. The molecule has 29 heavy (non-hydrogen) atoms. The summed E-state index contributed by atoms with van der Waals surface area (Å²) in [6.45, 7) is 1.76. The molecule has 1 saturated heterocycles. The van der Waals surface area contributed by atoms with Gasteiger partial charge in [0.2, 0.25) is 5.91 Å². The fourth-order valence-corrected chi connectivity index (χ4v) is 3.87. The van der Waals surface area contributed by atoms with E-state index in [4.69, 9.17) is 4.74 Å². The molecule has 0 bridgehead atoms. The van der Waals surface area contributed by atoms with E-state index in [-0.39, 0.29) is 5.91 Å². The number of nitrogens with one attached hydrogen (secondary N) is 1. The molecule has 0 atom stereocenters. The van der Waals surface area contributed by atoms with Crippen LogP contribution >= 0.6 is 0 Å². The highest BCUT2D eigenvalue weighted by atomic mass is 16.5. The number of ether oxygens (including phenoxy) is 1. The Kier molecular flexibility index (Phi) is 5.96. The maximum atomic E-state index is 13.2. The average Bonchev–Trinajstić information content (AvgIpc) is 2.80. The van der Waals surface area contributed by atoms with Crippen LogP contribution in [0.15, 0.2) is 73.3 Å². The van der Waals surface area contributed by atoms with Crippen molar-refractivity contribution in [2.75, 3.05) is 13.2 Å². The van der Waals surface area contributed by atoms with E-state index in [2.05, 4.69) is 39.6 Å². The van der Waals surface area contributed by atoms with Crippen LogP contribution in [0, 0.1) is 5.41 Å². The van der Waals surface area contributed by atoms with E-state index < -0.39 is 5.41 Å². The van der Waals surface area contributed by atoms with E-state index in [0.29, 0.717) is 19.8 Å². The van der Waals surface area contributed by atoms with Gasteiger partial charge in [-0.1, -0.05) is 24.3 Å². The second-order valence-electron chi connectivity index (χ2n) is 7.54. The molecule has 5 heteroatoms. The molecule has 2 aromatic heterocycles. The van der Waals surface area contributed by atoms with Crippen LogP contribution in [-0.4, -0.2) is 29.1 Å². The first-order chi connectivity index (χ1) is 14.3. The quantitative estimate of drug-likeness (QED) is 0.699. The number of nitrogens with zero attached hydrogens (tertiary/aromatic N) is 2. The number of amides is 1. The largest absolute Gasteiger partial charge is 0.381 e. The molecule has 1 aliphatic rings. The highest BCUT2D eigenvalue weighted by Gasteiger charge is 2.39. The predicted octanol–water partition coefficient (Wildman–Crippen LogP) is 3.80. The summed E-state index contributed by atoms with van der Waals surface area (Å²) >= 11 is 0. The topological polar surface area (TPSA) is 64.1 Å². The van der Waals surface area contributed by atoms with E-state index >= 15 is 0 Å². The molecule has 1 aliphatic heterocycles. The summed E-state index contributed by atoms with van der Waals surface area (Å²) < 4.78 is 5.56. The molecular formula is C24H25N3O2. The van der Waals surface area contributed by atoms with Crippen molar-refractivity contribution in [2.24, 2.45) is 5.41 Å². The molecule has 0 unspecified atom stereocenters. The number of benzene rings is 1. The molecule has 0 saturated carbocycles. The first-order valence-electron chi connectivity index (χ1n) is 9.99. The maximum absolute atomic E-state index is 13.2. The standard InChI is InChI=1S/C24H25N3O2/c28-23(27-18-20-5-11-25-12-6-20)24(9-15-29-16-10-24)17-19-1-3-21(4-2-19)22-7-13-26-14-8-22/h1-8,11-14H,9-10,15-18H2,(H,27,28). The van der Waals surface area contributed by atoms with E-state index in [1.165, 1.54) is 5.56 Å². The second kappa shape index (κ2) is 8.97. The molecule has 1 aromatic carbocycles. The van der Waals surface area contributed by atoms with Crippen LogP contribution in [0.5, 0.6) is 0 Å². The van der Waals surface area contributed by atoms with Gasteiger partial charge >= 0.3 is 0 Å². The van der Waals surface area contributed by atoms with Crippen LogP contribution in [0.1, 0.15) is 24.0 Å². The molecule has 3 aromatic rings. The summed E-state index contributed by atoms with van der Waals surface area (Å²) in [7, 11) is 0. The lowest BCUT2D eigenvalue weighted by molar-refractivity contribution is -0.136. The molecule has 4 rings (SSSR count). The van der Waals surface area contributed by atoms with Gasteiger partial charge < -0.3 is 10.1 Å². The van der Waals surface area contributed by atoms with Gasteiger partial charge in [0, 0.05) is 44.5 Å². The van der Waals surface area contributed by atoms with Crippen molar-refractivity contribution in [2.45, 2.75) is 25.8 Å². The van der Waals surface area contributed by atoms with Crippen LogP contribution in [0.4, 0.5) is 0 Å². The number of hydrogen-bond donors (Lipinski definition) is 1. The van der Waals surface area contributed by atoms with E-state index in [0.717, 1.165) is 36.0 Å². The third-order valence-corrected chi connectivity index (χ3v) is 5.64. The van der Waals surface area contributed by atoms with Gasteiger partial charge in [-0.05, 0) is 65.8 Å². The monoisotopic (exact) mass is 387 g/mol. The molecule has 0 spiro atoms. The molecule has 1 fully saturated rings. The third-order valence-electron chi connectivity index (χ3n) is 5.64. The van der Waals surface area contributed by atoms with Gasteiger partial charge in [0.1, 0.15) is 0 Å². The number of pyridine rings is 2. The Hall–Kier alpha value is -3.05. The zero-order valence-corrected chi connectivity index (χ0v) is 16.4. The Labute approximate surface area is 171 Å². The molecule has 1 amide bonds. The number of aromatic nitrogens is 2. The van der Waals surface area contributed by atoms with Gasteiger partial charge in [-0.2, -0.15) is 0 Å². The van der Waals surface area contributed by atoms with Gasteiger partial charge in [0.25, 0.3) is 0 Å². The van der Waals surface area contributed by atoms with Crippen LogP contribution < -0.4 is 5.32 Å². The minimum absolute atomic E-state index is 0.107. The molecule has 0 aliphatic carbocycles. The van der Waals surface area contributed by atoms with Crippen molar-refractivity contribution >= 4 is 5.91 Å². The van der Waals surface area contributed by atoms with E-state index in [1.807, 2.05) is 24.3 Å². The number of carbonyl (C=O) groups is 1. The summed E-state index contributed by atoms with van der Waals surface area (Å²) in [4.78, 5) is 21.3. The Morgan fingerprint density at radius 3 is 2.07 bits per heavy atom. The van der Waals surface area contributed by atoms with Gasteiger partial charge in [0.15, 0.2) is 0 Å².